The van der Waals surface area contributed by atoms with Crippen molar-refractivity contribution < 1.29 is 9.59 Å². The summed E-state index contributed by atoms with van der Waals surface area (Å²) < 4.78 is 0. The van der Waals surface area contributed by atoms with Crippen LogP contribution in [0.2, 0.25) is 0 Å². The first kappa shape index (κ1) is 12.2. The van der Waals surface area contributed by atoms with Gasteiger partial charge in [-0.05, 0) is 30.5 Å². The largest absolute Gasteiger partial charge is 0.331 e. The van der Waals surface area contributed by atoms with E-state index in [1.165, 1.54) is 4.90 Å². The Morgan fingerprint density at radius 1 is 1.16 bits per heavy atom. The fraction of sp³-hybridized carbons (Fsp3) is 0.429. The first-order chi connectivity index (χ1) is 9.20. The summed E-state index contributed by atoms with van der Waals surface area (Å²) >= 11 is 0. The van der Waals surface area contributed by atoms with Crippen molar-refractivity contribution in [1.82, 2.24) is 4.90 Å². The molecule has 5 heteroatoms. The van der Waals surface area contributed by atoms with Crippen molar-refractivity contribution in [2.24, 2.45) is 5.73 Å². The predicted molar refractivity (Wildman–Crippen MR) is 71.6 cm³/mol. The van der Waals surface area contributed by atoms with Gasteiger partial charge in [-0.2, -0.15) is 0 Å². The molecule has 19 heavy (non-hydrogen) atoms. The fourth-order valence-corrected chi connectivity index (χ4v) is 2.42. The van der Waals surface area contributed by atoms with Crippen LogP contribution < -0.4 is 10.6 Å². The molecule has 1 saturated heterocycles. The second-order valence-electron chi connectivity index (χ2n) is 5.06. The number of nitrogens with two attached hydrogens (primary N) is 1. The van der Waals surface area contributed by atoms with E-state index in [-0.39, 0.29) is 11.9 Å². The maximum absolute atomic E-state index is 12.4. The third-order valence-corrected chi connectivity index (χ3v) is 3.67. The quantitative estimate of drug-likeness (QED) is 0.893. The van der Waals surface area contributed by atoms with E-state index in [2.05, 4.69) is 0 Å². The highest BCUT2D eigenvalue weighted by molar-refractivity contribution is 6.15. The minimum absolute atomic E-state index is 0.123. The highest BCUT2D eigenvalue weighted by atomic mass is 16.2. The number of hydrogen-bond donors (Lipinski definition) is 1. The van der Waals surface area contributed by atoms with Crippen molar-refractivity contribution in [2.45, 2.75) is 31.8 Å². The monoisotopic (exact) mass is 259 g/mol. The van der Waals surface area contributed by atoms with Gasteiger partial charge in [0, 0.05) is 25.6 Å². The Hall–Kier alpha value is -1.88. The van der Waals surface area contributed by atoms with Crippen LogP contribution in [0.5, 0.6) is 0 Å². The fourth-order valence-electron chi connectivity index (χ4n) is 2.42. The van der Waals surface area contributed by atoms with E-state index < -0.39 is 0 Å². The summed E-state index contributed by atoms with van der Waals surface area (Å²) in [5.41, 5.74) is 7.17. The Labute approximate surface area is 112 Å². The van der Waals surface area contributed by atoms with Gasteiger partial charge in [0.2, 0.25) is 5.91 Å². The van der Waals surface area contributed by atoms with E-state index in [9.17, 15) is 9.59 Å². The highest BCUT2D eigenvalue weighted by Gasteiger charge is 2.40. The summed E-state index contributed by atoms with van der Waals surface area (Å²) in [6.07, 6.45) is 2.51. The van der Waals surface area contributed by atoms with Crippen LogP contribution in [0, 0.1) is 0 Å². The molecule has 5 nitrogen and oxygen atoms in total. The van der Waals surface area contributed by atoms with Gasteiger partial charge in [-0.25, -0.2) is 9.69 Å². The zero-order chi connectivity index (χ0) is 13.4. The van der Waals surface area contributed by atoms with Crippen LogP contribution in [0.25, 0.3) is 0 Å². The van der Waals surface area contributed by atoms with Crippen molar-refractivity contribution in [3.05, 3.63) is 29.8 Å². The number of anilines is 1. The van der Waals surface area contributed by atoms with E-state index in [1.54, 1.807) is 12.1 Å². The average Bonchev–Trinajstić information content (AvgIpc) is 3.24. The van der Waals surface area contributed by atoms with Crippen molar-refractivity contribution >= 4 is 17.6 Å². The van der Waals surface area contributed by atoms with E-state index in [4.69, 9.17) is 5.73 Å². The molecule has 0 bridgehead atoms. The Balaban J connectivity index is 1.86. The number of rotatable bonds is 3. The third kappa shape index (κ3) is 2.21. The average molecular weight is 259 g/mol. The molecule has 0 atom stereocenters. The smallest absolute Gasteiger partial charge is 0.326 e. The molecule has 0 aromatic heterocycles. The number of carbonyl (C=O) groups excluding carboxylic acids is 2. The normalized spacial score (nSPS) is 20.1. The topological polar surface area (TPSA) is 66.6 Å². The molecule has 1 heterocycles. The van der Waals surface area contributed by atoms with Gasteiger partial charge in [0.15, 0.2) is 0 Å². The number of urea groups is 1. The van der Waals surface area contributed by atoms with Gasteiger partial charge in [0.05, 0.1) is 5.69 Å². The molecule has 2 fully saturated rings. The Bertz CT molecular complexity index is 508. The Kier molecular flexibility index (Phi) is 2.98. The summed E-state index contributed by atoms with van der Waals surface area (Å²) in [6, 6.07) is 7.44. The maximum Gasteiger partial charge on any atom is 0.331 e. The number of nitrogens with zero attached hydrogens (tertiary/aromatic N) is 2. The first-order valence-electron chi connectivity index (χ1n) is 6.63. The molecule has 0 radical (unpaired) electrons. The number of benzene rings is 1. The summed E-state index contributed by atoms with van der Waals surface area (Å²) in [5.74, 6) is -0.123. The lowest BCUT2D eigenvalue weighted by Gasteiger charge is -2.34. The molecule has 1 aliphatic carbocycles. The van der Waals surface area contributed by atoms with E-state index in [0.29, 0.717) is 31.2 Å². The summed E-state index contributed by atoms with van der Waals surface area (Å²) in [6.45, 7) is 1.01. The SMILES string of the molecule is NCc1ccc(N2C(=O)CCN(C3CC3)C2=O)cc1. The van der Waals surface area contributed by atoms with Crippen LogP contribution in [0.4, 0.5) is 10.5 Å². The lowest BCUT2D eigenvalue weighted by Crippen LogP contribution is -2.53. The molecular formula is C14H17N3O2. The van der Waals surface area contributed by atoms with Crippen LogP contribution in [0.3, 0.4) is 0 Å². The van der Waals surface area contributed by atoms with E-state index in [1.807, 2.05) is 17.0 Å². The van der Waals surface area contributed by atoms with Crippen LogP contribution >= 0.6 is 0 Å². The molecule has 2 N–H and O–H groups in total. The van der Waals surface area contributed by atoms with Crippen molar-refractivity contribution in [3.8, 4) is 0 Å². The molecule has 1 aromatic rings. The maximum atomic E-state index is 12.4. The number of hydrogen-bond acceptors (Lipinski definition) is 3. The van der Waals surface area contributed by atoms with Crippen LogP contribution in [0.1, 0.15) is 24.8 Å². The number of amides is 3. The van der Waals surface area contributed by atoms with Gasteiger partial charge in [-0.15, -0.1) is 0 Å². The molecule has 0 spiro atoms. The van der Waals surface area contributed by atoms with E-state index >= 15 is 0 Å². The van der Waals surface area contributed by atoms with Gasteiger partial charge in [0.1, 0.15) is 0 Å². The first-order valence-corrected chi connectivity index (χ1v) is 6.63. The molecule has 1 aliphatic heterocycles. The van der Waals surface area contributed by atoms with Crippen molar-refractivity contribution in [1.29, 1.82) is 0 Å². The zero-order valence-electron chi connectivity index (χ0n) is 10.7. The third-order valence-electron chi connectivity index (χ3n) is 3.67. The molecule has 2 aliphatic rings. The summed E-state index contributed by atoms with van der Waals surface area (Å²) in [7, 11) is 0. The van der Waals surface area contributed by atoms with Gasteiger partial charge in [-0.1, -0.05) is 12.1 Å². The van der Waals surface area contributed by atoms with Crippen LogP contribution in [-0.4, -0.2) is 29.4 Å². The van der Waals surface area contributed by atoms with Gasteiger partial charge in [0.25, 0.3) is 0 Å². The molecule has 0 unspecified atom stereocenters. The number of carbonyl (C=O) groups is 2. The molecule has 3 amide bonds. The van der Waals surface area contributed by atoms with Gasteiger partial charge >= 0.3 is 6.03 Å². The lowest BCUT2D eigenvalue weighted by molar-refractivity contribution is -0.119. The highest BCUT2D eigenvalue weighted by Crippen LogP contribution is 2.31. The summed E-state index contributed by atoms with van der Waals surface area (Å²) in [5, 5.41) is 0. The van der Waals surface area contributed by atoms with E-state index in [0.717, 1.165) is 18.4 Å². The molecule has 1 aromatic carbocycles. The lowest BCUT2D eigenvalue weighted by atomic mass is 10.1. The molecular weight excluding hydrogens is 242 g/mol. The second-order valence-corrected chi connectivity index (χ2v) is 5.06. The summed E-state index contributed by atoms with van der Waals surface area (Å²) in [4.78, 5) is 27.5. The standard InChI is InChI=1S/C14H17N3O2/c15-9-10-1-3-12(4-2-10)17-13(18)7-8-16(14(17)19)11-5-6-11/h1-4,11H,5-9,15H2. The van der Waals surface area contributed by atoms with Crippen molar-refractivity contribution in [2.75, 3.05) is 11.4 Å². The van der Waals surface area contributed by atoms with Crippen LogP contribution in [0.15, 0.2) is 24.3 Å². The van der Waals surface area contributed by atoms with Crippen LogP contribution in [-0.2, 0) is 11.3 Å². The molecule has 1 saturated carbocycles. The minimum atomic E-state index is -0.181. The Morgan fingerprint density at radius 3 is 2.42 bits per heavy atom. The number of imide groups is 1. The molecule has 3 rings (SSSR count). The predicted octanol–water partition coefficient (Wildman–Crippen LogP) is 1.47. The van der Waals surface area contributed by atoms with Gasteiger partial charge in [-0.3, -0.25) is 4.79 Å². The molecule has 100 valence electrons. The van der Waals surface area contributed by atoms with Crippen molar-refractivity contribution in [3.63, 3.8) is 0 Å². The Morgan fingerprint density at radius 2 is 1.84 bits per heavy atom. The zero-order valence-corrected chi connectivity index (χ0v) is 10.7. The minimum Gasteiger partial charge on any atom is -0.326 e. The second kappa shape index (κ2) is 4.66. The van der Waals surface area contributed by atoms with Gasteiger partial charge < -0.3 is 10.6 Å².